The number of rotatable bonds is 4. The Morgan fingerprint density at radius 1 is 1.08 bits per heavy atom. The molecule has 0 spiro atoms. The molecule has 2 saturated heterocycles. The van der Waals surface area contributed by atoms with Gasteiger partial charge in [-0.15, -0.1) is 0 Å². The van der Waals surface area contributed by atoms with Crippen LogP contribution in [0.25, 0.3) is 0 Å². The summed E-state index contributed by atoms with van der Waals surface area (Å²) in [6.45, 7) is 2.54. The van der Waals surface area contributed by atoms with Crippen LogP contribution < -0.4 is 0 Å². The van der Waals surface area contributed by atoms with Crippen LogP contribution in [-0.4, -0.2) is 60.5 Å². The molecule has 1 aliphatic carbocycles. The highest BCUT2D eigenvalue weighted by atomic mass is 16.5. The minimum atomic E-state index is 0.306. The standard InChI is InChI=1S/C19H32N2O3/c1-24-17-6-4-5-15(13-17)14-19(23)20-11-8-16(9-12-20)21-10-3-2-7-18(21)22/h15-17H,2-14H2,1H3. The lowest BCUT2D eigenvalue weighted by Crippen LogP contribution is -2.50. The lowest BCUT2D eigenvalue weighted by Gasteiger charge is -2.40. The second-order valence-corrected chi connectivity index (χ2v) is 7.75. The number of amides is 2. The molecule has 0 N–H and O–H groups in total. The average Bonchev–Trinajstić information content (AvgIpc) is 2.62. The van der Waals surface area contributed by atoms with Gasteiger partial charge < -0.3 is 14.5 Å². The molecule has 2 atom stereocenters. The van der Waals surface area contributed by atoms with Crippen LogP contribution in [0.4, 0.5) is 0 Å². The number of hydrogen-bond acceptors (Lipinski definition) is 3. The van der Waals surface area contributed by atoms with E-state index in [1.165, 1.54) is 6.42 Å². The Morgan fingerprint density at radius 2 is 1.88 bits per heavy atom. The first-order valence-electron chi connectivity index (χ1n) is 9.77. The fourth-order valence-corrected chi connectivity index (χ4v) is 4.66. The van der Waals surface area contributed by atoms with Crippen molar-refractivity contribution in [2.24, 2.45) is 5.92 Å². The van der Waals surface area contributed by atoms with Crippen molar-refractivity contribution in [1.82, 2.24) is 9.80 Å². The van der Waals surface area contributed by atoms with E-state index in [9.17, 15) is 9.59 Å². The molecule has 3 rings (SSSR count). The number of nitrogens with zero attached hydrogens (tertiary/aromatic N) is 2. The van der Waals surface area contributed by atoms with Crippen molar-refractivity contribution >= 4 is 11.8 Å². The van der Waals surface area contributed by atoms with E-state index in [0.717, 1.165) is 64.6 Å². The number of carbonyl (C=O) groups is 2. The smallest absolute Gasteiger partial charge is 0.222 e. The van der Waals surface area contributed by atoms with E-state index in [-0.39, 0.29) is 0 Å². The Labute approximate surface area is 145 Å². The topological polar surface area (TPSA) is 49.9 Å². The molecule has 3 aliphatic rings. The molecule has 0 aromatic heterocycles. The first-order valence-corrected chi connectivity index (χ1v) is 9.77. The SMILES string of the molecule is COC1CCCC(CC(=O)N2CCC(N3CCCCC3=O)CC2)C1. The van der Waals surface area contributed by atoms with Crippen LogP contribution in [0, 0.1) is 5.92 Å². The minimum Gasteiger partial charge on any atom is -0.381 e. The highest BCUT2D eigenvalue weighted by Gasteiger charge is 2.32. The van der Waals surface area contributed by atoms with Crippen molar-refractivity contribution in [3.05, 3.63) is 0 Å². The summed E-state index contributed by atoms with van der Waals surface area (Å²) >= 11 is 0. The normalized spacial score (nSPS) is 29.8. The summed E-state index contributed by atoms with van der Waals surface area (Å²) in [6, 6.07) is 0.356. The van der Waals surface area contributed by atoms with Gasteiger partial charge in [-0.3, -0.25) is 9.59 Å². The van der Waals surface area contributed by atoms with E-state index in [1.807, 2.05) is 4.90 Å². The van der Waals surface area contributed by atoms with E-state index < -0.39 is 0 Å². The fourth-order valence-electron chi connectivity index (χ4n) is 4.66. The van der Waals surface area contributed by atoms with Gasteiger partial charge in [-0.05, 0) is 50.9 Å². The van der Waals surface area contributed by atoms with E-state index in [4.69, 9.17) is 4.74 Å². The number of hydrogen-bond donors (Lipinski definition) is 0. The molecule has 0 bridgehead atoms. The molecule has 2 aliphatic heterocycles. The molecule has 0 aromatic rings. The first kappa shape index (κ1) is 17.7. The van der Waals surface area contributed by atoms with Gasteiger partial charge in [0.1, 0.15) is 0 Å². The number of piperidine rings is 2. The molecule has 2 unspecified atom stereocenters. The molecular formula is C19H32N2O3. The molecule has 5 heteroatoms. The summed E-state index contributed by atoms with van der Waals surface area (Å²) in [5.41, 5.74) is 0. The van der Waals surface area contributed by atoms with E-state index in [1.54, 1.807) is 7.11 Å². The maximum absolute atomic E-state index is 12.6. The van der Waals surface area contributed by atoms with Crippen LogP contribution in [0.5, 0.6) is 0 Å². The lowest BCUT2D eigenvalue weighted by molar-refractivity contribution is -0.139. The van der Waals surface area contributed by atoms with Crippen molar-refractivity contribution in [1.29, 1.82) is 0 Å². The largest absolute Gasteiger partial charge is 0.381 e. The molecule has 0 aromatic carbocycles. The molecular weight excluding hydrogens is 304 g/mol. The van der Waals surface area contributed by atoms with Gasteiger partial charge >= 0.3 is 0 Å². The van der Waals surface area contributed by atoms with Crippen LogP contribution in [-0.2, 0) is 14.3 Å². The molecule has 136 valence electrons. The highest BCUT2D eigenvalue weighted by molar-refractivity contribution is 5.78. The summed E-state index contributed by atoms with van der Waals surface area (Å²) in [4.78, 5) is 28.8. The molecule has 24 heavy (non-hydrogen) atoms. The minimum absolute atomic E-state index is 0.306. The number of likely N-dealkylation sites (tertiary alicyclic amines) is 2. The second kappa shape index (κ2) is 8.32. The van der Waals surface area contributed by atoms with Crippen LogP contribution in [0.1, 0.15) is 64.2 Å². The molecule has 3 fully saturated rings. The monoisotopic (exact) mass is 336 g/mol. The summed E-state index contributed by atoms with van der Waals surface area (Å²) in [6.07, 6.45) is 10.3. The van der Waals surface area contributed by atoms with Crippen molar-refractivity contribution < 1.29 is 14.3 Å². The Balaban J connectivity index is 1.44. The molecule has 0 radical (unpaired) electrons. The van der Waals surface area contributed by atoms with Gasteiger partial charge in [-0.1, -0.05) is 6.42 Å². The van der Waals surface area contributed by atoms with Crippen LogP contribution in [0.2, 0.25) is 0 Å². The quantitative estimate of drug-likeness (QED) is 0.793. The molecule has 1 saturated carbocycles. The molecule has 2 heterocycles. The Morgan fingerprint density at radius 3 is 2.58 bits per heavy atom. The Hall–Kier alpha value is -1.10. The van der Waals surface area contributed by atoms with E-state index in [2.05, 4.69) is 4.90 Å². The first-order chi connectivity index (χ1) is 11.7. The summed E-state index contributed by atoms with van der Waals surface area (Å²) in [7, 11) is 1.78. The Bertz CT molecular complexity index is 446. The zero-order valence-electron chi connectivity index (χ0n) is 15.0. The number of methoxy groups -OCH3 is 1. The van der Waals surface area contributed by atoms with Crippen molar-refractivity contribution in [2.45, 2.75) is 76.4 Å². The van der Waals surface area contributed by atoms with Crippen LogP contribution >= 0.6 is 0 Å². The third kappa shape index (κ3) is 4.29. The lowest BCUT2D eigenvalue weighted by atomic mass is 9.84. The van der Waals surface area contributed by atoms with Crippen LogP contribution in [0.3, 0.4) is 0 Å². The van der Waals surface area contributed by atoms with Crippen LogP contribution in [0.15, 0.2) is 0 Å². The fraction of sp³-hybridized carbons (Fsp3) is 0.895. The summed E-state index contributed by atoms with van der Waals surface area (Å²) in [5, 5.41) is 0. The van der Waals surface area contributed by atoms with Crippen molar-refractivity contribution in [3.8, 4) is 0 Å². The van der Waals surface area contributed by atoms with Gasteiger partial charge in [0.15, 0.2) is 0 Å². The predicted octanol–water partition coefficient (Wildman–Crippen LogP) is 2.59. The summed E-state index contributed by atoms with van der Waals surface area (Å²) in [5.74, 6) is 1.11. The third-order valence-electron chi connectivity index (χ3n) is 6.15. The maximum atomic E-state index is 12.6. The predicted molar refractivity (Wildman–Crippen MR) is 92.5 cm³/mol. The number of carbonyl (C=O) groups excluding carboxylic acids is 2. The van der Waals surface area contributed by atoms with Gasteiger partial charge in [0, 0.05) is 45.6 Å². The van der Waals surface area contributed by atoms with E-state index >= 15 is 0 Å². The highest BCUT2D eigenvalue weighted by Crippen LogP contribution is 2.29. The van der Waals surface area contributed by atoms with Crippen molar-refractivity contribution in [3.63, 3.8) is 0 Å². The molecule has 2 amide bonds. The van der Waals surface area contributed by atoms with Gasteiger partial charge in [0.2, 0.25) is 11.8 Å². The summed E-state index contributed by atoms with van der Waals surface area (Å²) < 4.78 is 5.48. The average molecular weight is 336 g/mol. The number of ether oxygens (including phenoxy) is 1. The maximum Gasteiger partial charge on any atom is 0.222 e. The van der Waals surface area contributed by atoms with Crippen molar-refractivity contribution in [2.75, 3.05) is 26.7 Å². The third-order valence-corrected chi connectivity index (χ3v) is 6.15. The van der Waals surface area contributed by atoms with Gasteiger partial charge in [0.25, 0.3) is 0 Å². The molecule has 5 nitrogen and oxygen atoms in total. The Kier molecular flexibility index (Phi) is 6.14. The second-order valence-electron chi connectivity index (χ2n) is 7.75. The van der Waals surface area contributed by atoms with Gasteiger partial charge in [-0.2, -0.15) is 0 Å². The van der Waals surface area contributed by atoms with Gasteiger partial charge in [-0.25, -0.2) is 0 Å². The zero-order valence-corrected chi connectivity index (χ0v) is 15.0. The van der Waals surface area contributed by atoms with Gasteiger partial charge in [0.05, 0.1) is 6.10 Å². The van der Waals surface area contributed by atoms with E-state index in [0.29, 0.717) is 42.7 Å². The zero-order chi connectivity index (χ0) is 16.9.